The summed E-state index contributed by atoms with van der Waals surface area (Å²) in [6.07, 6.45) is 0. The summed E-state index contributed by atoms with van der Waals surface area (Å²) in [5.74, 6) is 1.83. The fourth-order valence-corrected chi connectivity index (χ4v) is 2.14. The van der Waals surface area contributed by atoms with Crippen molar-refractivity contribution in [2.24, 2.45) is 0 Å². The molecule has 0 amide bonds. The van der Waals surface area contributed by atoms with E-state index in [0.717, 1.165) is 18.0 Å². The number of rotatable bonds is 7. The van der Waals surface area contributed by atoms with Gasteiger partial charge in [-0.05, 0) is 37.2 Å². The average Bonchev–Trinajstić information content (AvgIpc) is 2.38. The summed E-state index contributed by atoms with van der Waals surface area (Å²) in [5.41, 5.74) is 2.41. The number of likely N-dealkylation sites (N-methyl/N-ethyl adjacent to an activating group) is 1. The van der Waals surface area contributed by atoms with Gasteiger partial charge in [0.15, 0.2) is 11.5 Å². The van der Waals surface area contributed by atoms with Crippen molar-refractivity contribution in [1.29, 1.82) is 0 Å². The minimum atomic E-state index is 0.305. The number of methoxy groups -OCH3 is 3. The van der Waals surface area contributed by atoms with Crippen molar-refractivity contribution in [2.45, 2.75) is 12.8 Å². The highest BCUT2D eigenvalue weighted by Gasteiger charge is 2.16. The van der Waals surface area contributed by atoms with Crippen LogP contribution < -0.4 is 14.8 Å². The Morgan fingerprint density at radius 3 is 2.22 bits per heavy atom. The van der Waals surface area contributed by atoms with Crippen molar-refractivity contribution in [2.75, 3.05) is 41.5 Å². The highest BCUT2D eigenvalue weighted by Crippen LogP contribution is 2.33. The van der Waals surface area contributed by atoms with Gasteiger partial charge in [0.1, 0.15) is 0 Å². The van der Waals surface area contributed by atoms with E-state index in [0.29, 0.717) is 12.5 Å². The highest BCUT2D eigenvalue weighted by atomic mass is 16.5. The molecule has 4 nitrogen and oxygen atoms in total. The second-order valence-corrected chi connectivity index (χ2v) is 4.27. The number of nitrogens with one attached hydrogen (secondary N) is 1. The molecule has 102 valence electrons. The first-order chi connectivity index (χ1) is 8.67. The standard InChI is InChI=1S/C14H23NO3/c1-10-6-13(17-4)14(18-5)7-12(10)11(8-15-2)9-16-3/h6-7,11,15H,8-9H2,1-5H3. The topological polar surface area (TPSA) is 39.7 Å². The molecular formula is C14H23NO3. The molecule has 4 heteroatoms. The minimum Gasteiger partial charge on any atom is -0.493 e. The summed E-state index contributed by atoms with van der Waals surface area (Å²) < 4.78 is 15.9. The monoisotopic (exact) mass is 253 g/mol. The average molecular weight is 253 g/mol. The molecule has 18 heavy (non-hydrogen) atoms. The van der Waals surface area contributed by atoms with E-state index in [1.807, 2.05) is 19.2 Å². The van der Waals surface area contributed by atoms with Gasteiger partial charge in [-0.25, -0.2) is 0 Å². The third-order valence-electron chi connectivity index (χ3n) is 3.03. The van der Waals surface area contributed by atoms with E-state index in [4.69, 9.17) is 14.2 Å². The van der Waals surface area contributed by atoms with Crippen LogP contribution >= 0.6 is 0 Å². The van der Waals surface area contributed by atoms with Crippen LogP contribution in [0.1, 0.15) is 17.0 Å². The van der Waals surface area contributed by atoms with Crippen molar-refractivity contribution < 1.29 is 14.2 Å². The van der Waals surface area contributed by atoms with Crippen LogP contribution in [0.2, 0.25) is 0 Å². The first kappa shape index (κ1) is 14.8. The van der Waals surface area contributed by atoms with Crippen molar-refractivity contribution in [3.63, 3.8) is 0 Å². The zero-order chi connectivity index (χ0) is 13.5. The predicted molar refractivity (Wildman–Crippen MR) is 72.8 cm³/mol. The zero-order valence-electron chi connectivity index (χ0n) is 11.9. The van der Waals surface area contributed by atoms with Gasteiger partial charge < -0.3 is 19.5 Å². The summed E-state index contributed by atoms with van der Waals surface area (Å²) in [5, 5.41) is 3.19. The van der Waals surface area contributed by atoms with Gasteiger partial charge in [0.05, 0.1) is 20.8 Å². The Kier molecular flexibility index (Phi) is 5.95. The number of benzene rings is 1. The summed E-state index contributed by atoms with van der Waals surface area (Å²) in [4.78, 5) is 0. The third-order valence-corrected chi connectivity index (χ3v) is 3.03. The molecule has 1 aromatic carbocycles. The number of aryl methyl sites for hydroxylation is 1. The van der Waals surface area contributed by atoms with Gasteiger partial charge in [0.25, 0.3) is 0 Å². The van der Waals surface area contributed by atoms with Gasteiger partial charge in [-0.2, -0.15) is 0 Å². The quantitative estimate of drug-likeness (QED) is 0.806. The van der Waals surface area contributed by atoms with E-state index in [9.17, 15) is 0 Å². The molecule has 0 fully saturated rings. The van der Waals surface area contributed by atoms with Crippen molar-refractivity contribution in [1.82, 2.24) is 5.32 Å². The van der Waals surface area contributed by atoms with E-state index >= 15 is 0 Å². The van der Waals surface area contributed by atoms with E-state index < -0.39 is 0 Å². The molecule has 1 unspecified atom stereocenters. The molecular weight excluding hydrogens is 230 g/mol. The molecule has 0 radical (unpaired) electrons. The van der Waals surface area contributed by atoms with Crippen LogP contribution in [0.25, 0.3) is 0 Å². The van der Waals surface area contributed by atoms with Crippen molar-refractivity contribution in [3.05, 3.63) is 23.3 Å². The summed E-state index contributed by atoms with van der Waals surface area (Å²) in [6.45, 7) is 3.62. The number of hydrogen-bond acceptors (Lipinski definition) is 4. The second kappa shape index (κ2) is 7.24. The lowest BCUT2D eigenvalue weighted by atomic mass is 9.94. The predicted octanol–water partition coefficient (Wildman–Crippen LogP) is 1.96. The normalized spacial score (nSPS) is 12.3. The fraction of sp³-hybridized carbons (Fsp3) is 0.571. The van der Waals surface area contributed by atoms with Crippen molar-refractivity contribution >= 4 is 0 Å². The van der Waals surface area contributed by atoms with Gasteiger partial charge in [-0.1, -0.05) is 0 Å². The van der Waals surface area contributed by atoms with E-state index in [1.54, 1.807) is 21.3 Å². The van der Waals surface area contributed by atoms with Crippen LogP contribution in [-0.2, 0) is 4.74 Å². The lowest BCUT2D eigenvalue weighted by molar-refractivity contribution is 0.178. The molecule has 1 N–H and O–H groups in total. The van der Waals surface area contributed by atoms with Crippen LogP contribution in [0.5, 0.6) is 11.5 Å². The Hall–Kier alpha value is -1.26. The first-order valence-electron chi connectivity index (χ1n) is 6.04. The maximum Gasteiger partial charge on any atom is 0.161 e. The molecule has 0 spiro atoms. The number of ether oxygens (including phenoxy) is 3. The Morgan fingerprint density at radius 2 is 1.72 bits per heavy atom. The lowest BCUT2D eigenvalue weighted by Crippen LogP contribution is -2.21. The molecule has 1 rings (SSSR count). The molecule has 1 aromatic rings. The smallest absolute Gasteiger partial charge is 0.161 e. The first-order valence-corrected chi connectivity index (χ1v) is 6.04. The minimum absolute atomic E-state index is 0.305. The van der Waals surface area contributed by atoms with E-state index in [1.165, 1.54) is 11.1 Å². The van der Waals surface area contributed by atoms with Gasteiger partial charge in [-0.15, -0.1) is 0 Å². The third kappa shape index (κ3) is 3.37. The molecule has 0 aliphatic heterocycles. The Labute approximate surface area is 109 Å². The summed E-state index contributed by atoms with van der Waals surface area (Å²) in [7, 11) is 6.97. The maximum absolute atomic E-state index is 5.35. The Bertz CT molecular complexity index is 374. The van der Waals surface area contributed by atoms with Crippen LogP contribution in [0.3, 0.4) is 0 Å². The van der Waals surface area contributed by atoms with Crippen LogP contribution in [0, 0.1) is 6.92 Å². The van der Waals surface area contributed by atoms with Gasteiger partial charge >= 0.3 is 0 Å². The molecule has 0 saturated heterocycles. The SMILES string of the molecule is CNCC(COC)c1cc(OC)c(OC)cc1C. The van der Waals surface area contributed by atoms with Gasteiger partial charge in [0.2, 0.25) is 0 Å². The molecule has 0 aliphatic rings. The summed E-state index contributed by atoms with van der Waals surface area (Å²) in [6, 6.07) is 4.04. The fourth-order valence-electron chi connectivity index (χ4n) is 2.14. The summed E-state index contributed by atoms with van der Waals surface area (Å²) >= 11 is 0. The molecule has 0 aromatic heterocycles. The molecule has 0 saturated carbocycles. The van der Waals surface area contributed by atoms with Crippen LogP contribution in [0.15, 0.2) is 12.1 Å². The van der Waals surface area contributed by atoms with E-state index in [2.05, 4.69) is 12.2 Å². The molecule has 0 heterocycles. The Morgan fingerprint density at radius 1 is 1.11 bits per heavy atom. The molecule has 0 bridgehead atoms. The Balaban J connectivity index is 3.12. The number of hydrogen-bond donors (Lipinski definition) is 1. The van der Waals surface area contributed by atoms with Gasteiger partial charge in [0, 0.05) is 19.6 Å². The van der Waals surface area contributed by atoms with Crippen molar-refractivity contribution in [3.8, 4) is 11.5 Å². The van der Waals surface area contributed by atoms with E-state index in [-0.39, 0.29) is 0 Å². The lowest BCUT2D eigenvalue weighted by Gasteiger charge is -2.20. The van der Waals surface area contributed by atoms with Gasteiger partial charge in [-0.3, -0.25) is 0 Å². The molecule has 0 aliphatic carbocycles. The van der Waals surface area contributed by atoms with Crippen LogP contribution in [-0.4, -0.2) is 41.5 Å². The highest BCUT2D eigenvalue weighted by molar-refractivity contribution is 5.48. The van der Waals surface area contributed by atoms with Crippen LogP contribution in [0.4, 0.5) is 0 Å². The largest absolute Gasteiger partial charge is 0.493 e. The zero-order valence-corrected chi connectivity index (χ0v) is 11.9. The maximum atomic E-state index is 5.35. The second-order valence-electron chi connectivity index (χ2n) is 4.27. The molecule has 1 atom stereocenters.